The van der Waals surface area contributed by atoms with Crippen LogP contribution in [0, 0.1) is 0 Å². The smallest absolute Gasteiger partial charge is 0.234 e. The molecule has 128 valence electrons. The average Bonchev–Trinajstić information content (AvgIpc) is 2.98. The molecule has 0 saturated carbocycles. The van der Waals surface area contributed by atoms with Crippen LogP contribution in [0.25, 0.3) is 10.2 Å². The summed E-state index contributed by atoms with van der Waals surface area (Å²) in [6.45, 7) is 5.50. The van der Waals surface area contributed by atoms with Crippen LogP contribution in [0.5, 0.6) is 0 Å². The standard InChI is InChI=1S/C17H22N4O2S/c1-13(22)21-10-8-20(9-11-21)12-16(23)18-7-6-17-19-14-4-2-3-5-15(14)24-17/h2-5H,6-12H2,1H3,(H,18,23). The molecule has 0 atom stereocenters. The highest BCUT2D eigenvalue weighted by molar-refractivity contribution is 7.18. The van der Waals surface area contributed by atoms with Crippen molar-refractivity contribution in [2.75, 3.05) is 39.3 Å². The number of hydrogen-bond acceptors (Lipinski definition) is 5. The van der Waals surface area contributed by atoms with Crippen molar-refractivity contribution in [3.8, 4) is 0 Å². The third-order valence-electron chi connectivity index (χ3n) is 4.18. The minimum atomic E-state index is 0.0346. The lowest BCUT2D eigenvalue weighted by atomic mass is 10.3. The van der Waals surface area contributed by atoms with Crippen molar-refractivity contribution >= 4 is 33.4 Å². The molecule has 0 radical (unpaired) electrons. The molecule has 0 aliphatic carbocycles. The Kier molecular flexibility index (Phi) is 5.42. The molecule has 1 aliphatic heterocycles. The number of rotatable bonds is 5. The van der Waals surface area contributed by atoms with Gasteiger partial charge in [0.05, 0.1) is 21.8 Å². The zero-order chi connectivity index (χ0) is 16.9. The van der Waals surface area contributed by atoms with E-state index in [0.717, 1.165) is 30.0 Å². The van der Waals surface area contributed by atoms with Gasteiger partial charge in [0.2, 0.25) is 11.8 Å². The second-order valence-corrected chi connectivity index (χ2v) is 7.07. The number of amides is 2. The van der Waals surface area contributed by atoms with E-state index in [4.69, 9.17) is 0 Å². The maximum Gasteiger partial charge on any atom is 0.234 e. The number of piperazine rings is 1. The fourth-order valence-corrected chi connectivity index (χ4v) is 3.78. The van der Waals surface area contributed by atoms with Gasteiger partial charge in [-0.25, -0.2) is 4.98 Å². The Labute approximate surface area is 145 Å². The number of thiazole rings is 1. The summed E-state index contributed by atoms with van der Waals surface area (Å²) < 4.78 is 1.18. The number of benzene rings is 1. The van der Waals surface area contributed by atoms with Crippen LogP contribution in [-0.2, 0) is 16.0 Å². The average molecular weight is 346 g/mol. The number of para-hydroxylation sites is 1. The Balaban J connectivity index is 1.39. The van der Waals surface area contributed by atoms with Gasteiger partial charge in [0.25, 0.3) is 0 Å². The number of nitrogens with one attached hydrogen (secondary N) is 1. The first kappa shape index (κ1) is 16.9. The summed E-state index contributed by atoms with van der Waals surface area (Å²) in [6, 6.07) is 8.07. The van der Waals surface area contributed by atoms with E-state index in [1.165, 1.54) is 4.70 Å². The molecule has 24 heavy (non-hydrogen) atoms. The second kappa shape index (κ2) is 7.72. The molecule has 0 unspecified atom stereocenters. The first-order chi connectivity index (χ1) is 11.6. The van der Waals surface area contributed by atoms with E-state index in [2.05, 4.69) is 21.3 Å². The monoisotopic (exact) mass is 346 g/mol. The molecule has 1 fully saturated rings. The summed E-state index contributed by atoms with van der Waals surface area (Å²) in [6.07, 6.45) is 0.753. The van der Waals surface area contributed by atoms with Gasteiger partial charge in [0.15, 0.2) is 0 Å². The van der Waals surface area contributed by atoms with Crippen LogP contribution in [0.1, 0.15) is 11.9 Å². The fourth-order valence-electron chi connectivity index (χ4n) is 2.82. The van der Waals surface area contributed by atoms with Crippen molar-refractivity contribution < 1.29 is 9.59 Å². The predicted molar refractivity (Wildman–Crippen MR) is 95.0 cm³/mol. The number of carbonyl (C=O) groups excluding carboxylic acids is 2. The van der Waals surface area contributed by atoms with Crippen molar-refractivity contribution in [3.63, 3.8) is 0 Å². The molecular weight excluding hydrogens is 324 g/mol. The Hall–Kier alpha value is -1.99. The summed E-state index contributed by atoms with van der Waals surface area (Å²) in [5, 5.41) is 4.01. The normalized spacial score (nSPS) is 15.6. The maximum atomic E-state index is 12.0. The molecule has 2 aromatic rings. The highest BCUT2D eigenvalue weighted by atomic mass is 32.1. The molecule has 1 N–H and O–H groups in total. The third kappa shape index (κ3) is 4.30. The lowest BCUT2D eigenvalue weighted by Gasteiger charge is -2.33. The van der Waals surface area contributed by atoms with Gasteiger partial charge in [-0.1, -0.05) is 12.1 Å². The Morgan fingerprint density at radius 1 is 1.21 bits per heavy atom. The zero-order valence-electron chi connectivity index (χ0n) is 13.8. The van der Waals surface area contributed by atoms with Crippen molar-refractivity contribution in [3.05, 3.63) is 29.3 Å². The van der Waals surface area contributed by atoms with Crippen molar-refractivity contribution in [2.45, 2.75) is 13.3 Å². The topological polar surface area (TPSA) is 65.5 Å². The van der Waals surface area contributed by atoms with Crippen molar-refractivity contribution in [2.24, 2.45) is 0 Å². The second-order valence-electron chi connectivity index (χ2n) is 5.96. The molecule has 3 rings (SSSR count). The summed E-state index contributed by atoms with van der Waals surface area (Å²) in [5.74, 6) is 0.141. The van der Waals surface area contributed by atoms with E-state index >= 15 is 0 Å². The van der Waals surface area contributed by atoms with E-state index in [1.807, 2.05) is 23.1 Å². The first-order valence-corrected chi connectivity index (χ1v) is 9.02. The van der Waals surface area contributed by atoms with Gasteiger partial charge < -0.3 is 10.2 Å². The van der Waals surface area contributed by atoms with Gasteiger partial charge in [0.1, 0.15) is 0 Å². The van der Waals surface area contributed by atoms with Gasteiger partial charge in [-0.3, -0.25) is 14.5 Å². The maximum absolute atomic E-state index is 12.0. The lowest BCUT2D eigenvalue weighted by Crippen LogP contribution is -2.50. The van der Waals surface area contributed by atoms with Crippen LogP contribution >= 0.6 is 11.3 Å². The quantitative estimate of drug-likeness (QED) is 0.881. The van der Waals surface area contributed by atoms with E-state index in [0.29, 0.717) is 26.2 Å². The Morgan fingerprint density at radius 3 is 2.67 bits per heavy atom. The van der Waals surface area contributed by atoms with Gasteiger partial charge in [-0.2, -0.15) is 0 Å². The fraction of sp³-hybridized carbons (Fsp3) is 0.471. The van der Waals surface area contributed by atoms with Crippen LogP contribution < -0.4 is 5.32 Å². The largest absolute Gasteiger partial charge is 0.355 e. The molecule has 0 spiro atoms. The summed E-state index contributed by atoms with van der Waals surface area (Å²) in [4.78, 5) is 31.8. The molecule has 1 aliphatic rings. The third-order valence-corrected chi connectivity index (χ3v) is 5.28. The van der Waals surface area contributed by atoms with E-state index in [9.17, 15) is 9.59 Å². The predicted octanol–water partition coefficient (Wildman–Crippen LogP) is 1.12. The summed E-state index contributed by atoms with van der Waals surface area (Å²) in [7, 11) is 0. The van der Waals surface area contributed by atoms with Crippen molar-refractivity contribution in [1.29, 1.82) is 0 Å². The Morgan fingerprint density at radius 2 is 1.96 bits per heavy atom. The van der Waals surface area contributed by atoms with Crippen LogP contribution in [0.3, 0.4) is 0 Å². The number of aromatic nitrogens is 1. The number of carbonyl (C=O) groups is 2. The van der Waals surface area contributed by atoms with Crippen LogP contribution in [0.2, 0.25) is 0 Å². The summed E-state index contributed by atoms with van der Waals surface area (Å²) in [5.41, 5.74) is 1.02. The molecule has 6 nitrogen and oxygen atoms in total. The molecule has 1 aromatic heterocycles. The number of fused-ring (bicyclic) bond motifs is 1. The van der Waals surface area contributed by atoms with Crippen LogP contribution in [0.15, 0.2) is 24.3 Å². The molecule has 1 aromatic carbocycles. The van der Waals surface area contributed by atoms with E-state index < -0.39 is 0 Å². The summed E-state index contributed by atoms with van der Waals surface area (Å²) >= 11 is 1.68. The highest BCUT2D eigenvalue weighted by Gasteiger charge is 2.20. The van der Waals surface area contributed by atoms with Gasteiger partial charge in [0, 0.05) is 46.1 Å². The minimum Gasteiger partial charge on any atom is -0.355 e. The molecule has 7 heteroatoms. The van der Waals surface area contributed by atoms with E-state index in [-0.39, 0.29) is 11.8 Å². The zero-order valence-corrected chi connectivity index (χ0v) is 14.6. The first-order valence-electron chi connectivity index (χ1n) is 8.21. The minimum absolute atomic E-state index is 0.0346. The van der Waals surface area contributed by atoms with Gasteiger partial charge in [-0.15, -0.1) is 11.3 Å². The highest BCUT2D eigenvalue weighted by Crippen LogP contribution is 2.21. The lowest BCUT2D eigenvalue weighted by molar-refractivity contribution is -0.131. The SMILES string of the molecule is CC(=O)N1CCN(CC(=O)NCCc2nc3ccccc3s2)CC1. The van der Waals surface area contributed by atoms with Gasteiger partial charge in [-0.05, 0) is 12.1 Å². The van der Waals surface area contributed by atoms with E-state index in [1.54, 1.807) is 18.3 Å². The number of hydrogen-bond donors (Lipinski definition) is 1. The molecule has 0 bridgehead atoms. The molecule has 2 heterocycles. The molecule has 2 amide bonds. The molecule has 1 saturated heterocycles. The van der Waals surface area contributed by atoms with Crippen LogP contribution in [0.4, 0.5) is 0 Å². The van der Waals surface area contributed by atoms with Crippen LogP contribution in [-0.4, -0.2) is 65.9 Å². The Bertz CT molecular complexity index is 689. The number of nitrogens with zero attached hydrogens (tertiary/aromatic N) is 3. The van der Waals surface area contributed by atoms with Gasteiger partial charge >= 0.3 is 0 Å². The molecular formula is C17H22N4O2S. The van der Waals surface area contributed by atoms with Crippen molar-refractivity contribution in [1.82, 2.24) is 20.1 Å².